The number of hydrogen-bond acceptors (Lipinski definition) is 2. The molecule has 0 amide bonds. The van der Waals surface area contributed by atoms with Crippen molar-refractivity contribution in [3.05, 3.63) is 35.4 Å². The molecule has 0 aliphatic carbocycles. The van der Waals surface area contributed by atoms with Crippen molar-refractivity contribution >= 4 is 12.4 Å². The first-order valence-electron chi connectivity index (χ1n) is 6.47. The largest absolute Gasteiger partial charge is 0.314 e. The number of nitrogens with zero attached hydrogens (tertiary/aromatic N) is 1. The van der Waals surface area contributed by atoms with E-state index in [2.05, 4.69) is 10.2 Å². The van der Waals surface area contributed by atoms with Gasteiger partial charge in [0.2, 0.25) is 6.43 Å². The third-order valence-corrected chi connectivity index (χ3v) is 3.54. The molecule has 1 heterocycles. The van der Waals surface area contributed by atoms with Crippen molar-refractivity contribution in [3.63, 3.8) is 0 Å². The molecule has 0 spiro atoms. The highest BCUT2D eigenvalue weighted by Gasteiger charge is 2.26. The highest BCUT2D eigenvalue weighted by atomic mass is 35.5. The first-order valence-corrected chi connectivity index (χ1v) is 6.47. The van der Waals surface area contributed by atoms with E-state index in [1.165, 1.54) is 0 Å². The van der Waals surface area contributed by atoms with Gasteiger partial charge in [0.15, 0.2) is 0 Å². The Balaban J connectivity index is 0.00000180. The highest BCUT2D eigenvalue weighted by molar-refractivity contribution is 5.85. The zero-order chi connectivity index (χ0) is 13.0. The fourth-order valence-electron chi connectivity index (χ4n) is 2.60. The predicted octanol–water partition coefficient (Wildman–Crippen LogP) is 3.02. The van der Waals surface area contributed by atoms with Crippen LogP contribution < -0.4 is 5.32 Å². The van der Waals surface area contributed by atoms with Crippen LogP contribution in [0.1, 0.15) is 23.6 Å². The molecule has 1 aliphatic heterocycles. The van der Waals surface area contributed by atoms with E-state index in [0.717, 1.165) is 37.3 Å². The molecule has 19 heavy (non-hydrogen) atoms. The topological polar surface area (TPSA) is 15.3 Å². The molecule has 5 heteroatoms. The van der Waals surface area contributed by atoms with E-state index in [1.807, 2.05) is 31.2 Å². The average molecular weight is 291 g/mol. The van der Waals surface area contributed by atoms with Gasteiger partial charge in [-0.2, -0.15) is 0 Å². The average Bonchev–Trinajstić information content (AvgIpc) is 2.38. The summed E-state index contributed by atoms with van der Waals surface area (Å²) in [6, 6.07) is 7.70. The predicted molar refractivity (Wildman–Crippen MR) is 76.2 cm³/mol. The molecular weight excluding hydrogens is 270 g/mol. The first-order chi connectivity index (χ1) is 8.68. The van der Waals surface area contributed by atoms with Crippen molar-refractivity contribution in [1.29, 1.82) is 0 Å². The van der Waals surface area contributed by atoms with Crippen LogP contribution in [0.3, 0.4) is 0 Å². The molecule has 1 fully saturated rings. The minimum absolute atomic E-state index is 0. The molecule has 1 aliphatic rings. The molecular formula is C14H21ClF2N2. The minimum atomic E-state index is -2.26. The van der Waals surface area contributed by atoms with Crippen LogP contribution >= 0.6 is 12.4 Å². The second kappa shape index (κ2) is 7.78. The van der Waals surface area contributed by atoms with Gasteiger partial charge < -0.3 is 5.32 Å². The number of alkyl halides is 2. The number of halogens is 3. The first kappa shape index (κ1) is 16.3. The van der Waals surface area contributed by atoms with Crippen molar-refractivity contribution in [3.8, 4) is 0 Å². The molecule has 0 unspecified atom stereocenters. The lowest BCUT2D eigenvalue weighted by molar-refractivity contribution is 0.0737. The standard InChI is InChI=1S/C14H20F2N2.ClH/c1-11-4-2-3-5-12(11)13(10-14(15)16)18-8-6-17-7-9-18;/h2-5,13-14,17H,6-10H2,1H3;1H/t13-;/m1./s1. The van der Waals surface area contributed by atoms with Crippen molar-refractivity contribution in [1.82, 2.24) is 10.2 Å². The fraction of sp³-hybridized carbons (Fsp3) is 0.571. The number of piperazine rings is 1. The summed E-state index contributed by atoms with van der Waals surface area (Å²) in [6.07, 6.45) is -2.34. The van der Waals surface area contributed by atoms with Crippen LogP contribution in [0.5, 0.6) is 0 Å². The SMILES string of the molecule is Cc1ccccc1[C@@H](CC(F)F)N1CCNCC1.Cl. The normalized spacial score (nSPS) is 18.1. The van der Waals surface area contributed by atoms with Crippen molar-refractivity contribution in [2.45, 2.75) is 25.8 Å². The molecule has 0 radical (unpaired) electrons. The van der Waals surface area contributed by atoms with Gasteiger partial charge in [0.05, 0.1) is 0 Å². The van der Waals surface area contributed by atoms with Gasteiger partial charge in [-0.3, -0.25) is 4.90 Å². The maximum atomic E-state index is 12.8. The summed E-state index contributed by atoms with van der Waals surface area (Å²) in [4.78, 5) is 2.17. The van der Waals surface area contributed by atoms with Crippen LogP contribution in [-0.4, -0.2) is 37.5 Å². The summed E-state index contributed by atoms with van der Waals surface area (Å²) in [6.45, 7) is 5.44. The Morgan fingerprint density at radius 2 is 1.84 bits per heavy atom. The maximum Gasteiger partial charge on any atom is 0.240 e. The lowest BCUT2D eigenvalue weighted by Gasteiger charge is -2.35. The Bertz CT molecular complexity index is 381. The molecule has 0 bridgehead atoms. The van der Waals surface area contributed by atoms with E-state index >= 15 is 0 Å². The summed E-state index contributed by atoms with van der Waals surface area (Å²) in [5, 5.41) is 3.26. The number of hydrogen-bond donors (Lipinski definition) is 1. The van der Waals surface area contributed by atoms with Crippen LogP contribution in [0.25, 0.3) is 0 Å². The van der Waals surface area contributed by atoms with Gasteiger partial charge in [0.25, 0.3) is 0 Å². The van der Waals surface area contributed by atoms with Crippen LogP contribution in [0.15, 0.2) is 24.3 Å². The molecule has 1 N–H and O–H groups in total. The van der Waals surface area contributed by atoms with Gasteiger partial charge in [0, 0.05) is 38.6 Å². The van der Waals surface area contributed by atoms with Crippen LogP contribution in [0.2, 0.25) is 0 Å². The second-order valence-electron chi connectivity index (χ2n) is 4.79. The number of aryl methyl sites for hydroxylation is 1. The third kappa shape index (κ3) is 4.41. The van der Waals surface area contributed by atoms with Gasteiger partial charge in [0.1, 0.15) is 0 Å². The van der Waals surface area contributed by atoms with Gasteiger partial charge in [-0.25, -0.2) is 8.78 Å². The summed E-state index contributed by atoms with van der Waals surface area (Å²) in [7, 11) is 0. The molecule has 2 rings (SSSR count). The lowest BCUT2D eigenvalue weighted by atomic mass is 9.97. The zero-order valence-electron chi connectivity index (χ0n) is 11.1. The van der Waals surface area contributed by atoms with E-state index in [0.29, 0.717) is 0 Å². The van der Waals surface area contributed by atoms with E-state index in [9.17, 15) is 8.78 Å². The van der Waals surface area contributed by atoms with Crippen molar-refractivity contribution in [2.75, 3.05) is 26.2 Å². The van der Waals surface area contributed by atoms with E-state index in [1.54, 1.807) is 0 Å². The molecule has 0 saturated carbocycles. The third-order valence-electron chi connectivity index (χ3n) is 3.54. The van der Waals surface area contributed by atoms with Gasteiger partial charge in [-0.15, -0.1) is 12.4 Å². The monoisotopic (exact) mass is 290 g/mol. The van der Waals surface area contributed by atoms with Gasteiger partial charge in [-0.1, -0.05) is 24.3 Å². The molecule has 1 aromatic rings. The Morgan fingerprint density at radius 3 is 2.42 bits per heavy atom. The summed E-state index contributed by atoms with van der Waals surface area (Å²) in [5.41, 5.74) is 2.14. The second-order valence-corrected chi connectivity index (χ2v) is 4.79. The van der Waals surface area contributed by atoms with Crippen molar-refractivity contribution < 1.29 is 8.78 Å². The Morgan fingerprint density at radius 1 is 1.21 bits per heavy atom. The molecule has 1 aromatic carbocycles. The van der Waals surface area contributed by atoms with Crippen LogP contribution in [0.4, 0.5) is 8.78 Å². The van der Waals surface area contributed by atoms with Crippen molar-refractivity contribution in [2.24, 2.45) is 0 Å². The molecule has 2 nitrogen and oxygen atoms in total. The molecule has 1 atom stereocenters. The molecule has 0 aromatic heterocycles. The van der Waals surface area contributed by atoms with Crippen LogP contribution in [0, 0.1) is 6.92 Å². The maximum absolute atomic E-state index is 12.8. The zero-order valence-corrected chi connectivity index (χ0v) is 11.9. The minimum Gasteiger partial charge on any atom is -0.314 e. The Kier molecular flexibility index (Phi) is 6.69. The Labute approximate surface area is 119 Å². The van der Waals surface area contributed by atoms with E-state index in [4.69, 9.17) is 0 Å². The fourth-order valence-corrected chi connectivity index (χ4v) is 2.60. The summed E-state index contributed by atoms with van der Waals surface area (Å²) >= 11 is 0. The quantitative estimate of drug-likeness (QED) is 0.917. The lowest BCUT2D eigenvalue weighted by Crippen LogP contribution is -2.45. The number of benzene rings is 1. The Hall–Kier alpha value is -0.710. The summed E-state index contributed by atoms with van der Waals surface area (Å²) < 4.78 is 25.6. The van der Waals surface area contributed by atoms with E-state index in [-0.39, 0.29) is 24.9 Å². The molecule has 1 saturated heterocycles. The highest BCUT2D eigenvalue weighted by Crippen LogP contribution is 2.29. The number of nitrogens with one attached hydrogen (secondary N) is 1. The van der Waals surface area contributed by atoms with Gasteiger partial charge in [-0.05, 0) is 18.1 Å². The van der Waals surface area contributed by atoms with E-state index < -0.39 is 6.43 Å². The number of rotatable bonds is 4. The smallest absolute Gasteiger partial charge is 0.240 e. The van der Waals surface area contributed by atoms with Crippen LogP contribution in [-0.2, 0) is 0 Å². The molecule has 108 valence electrons. The van der Waals surface area contributed by atoms with Gasteiger partial charge >= 0.3 is 0 Å². The summed E-state index contributed by atoms with van der Waals surface area (Å²) in [5.74, 6) is 0.